The first-order valence-corrected chi connectivity index (χ1v) is 15.3. The van der Waals surface area contributed by atoms with Crippen molar-refractivity contribution in [1.29, 1.82) is 0 Å². The first-order valence-electron chi connectivity index (χ1n) is 15.3. The van der Waals surface area contributed by atoms with E-state index in [0.29, 0.717) is 11.8 Å². The molecule has 0 amide bonds. The van der Waals surface area contributed by atoms with Crippen LogP contribution < -0.4 is 31.3 Å². The van der Waals surface area contributed by atoms with E-state index in [1.54, 1.807) is 11.1 Å². The average molecular weight is 542 g/mol. The lowest BCUT2D eigenvalue weighted by Crippen LogP contribution is -2.67. The van der Waals surface area contributed by atoms with Crippen molar-refractivity contribution in [3.8, 4) is 17.2 Å². The van der Waals surface area contributed by atoms with Crippen LogP contribution in [0.15, 0.2) is 132 Å². The highest BCUT2D eigenvalue weighted by Gasteiger charge is 2.64. The van der Waals surface area contributed by atoms with Crippen molar-refractivity contribution in [1.82, 2.24) is 0 Å². The number of hydrogen-bond acceptors (Lipinski definition) is 2. The van der Waals surface area contributed by atoms with Crippen LogP contribution >= 0.6 is 0 Å². The summed E-state index contributed by atoms with van der Waals surface area (Å²) in [6.45, 7) is 10.0. The van der Waals surface area contributed by atoms with Crippen LogP contribution in [0.5, 0.6) is 17.2 Å². The zero-order valence-electron chi connectivity index (χ0n) is 24.5. The number of fused-ring (bicyclic) bond motifs is 7. The molecule has 4 aromatic carbocycles. The van der Waals surface area contributed by atoms with Crippen molar-refractivity contribution in [3.63, 3.8) is 0 Å². The van der Waals surface area contributed by atoms with Gasteiger partial charge in [-0.15, -0.1) is 0 Å². The van der Waals surface area contributed by atoms with E-state index in [0.717, 1.165) is 23.0 Å². The smallest absolute Gasteiger partial charge is 0.247 e. The van der Waals surface area contributed by atoms with Crippen molar-refractivity contribution in [2.75, 3.05) is 0 Å². The topological polar surface area (TPSA) is 18.5 Å². The van der Waals surface area contributed by atoms with Gasteiger partial charge in [0.05, 0.1) is 0 Å². The molecule has 4 atom stereocenters. The average Bonchev–Trinajstić information content (AvgIpc) is 3.00. The van der Waals surface area contributed by atoms with Crippen LogP contribution in [0.25, 0.3) is 0 Å². The number of para-hydroxylation sites is 3. The Morgan fingerprint density at radius 1 is 0.595 bits per heavy atom. The number of hydrogen-bond donors (Lipinski definition) is 0. The van der Waals surface area contributed by atoms with Crippen LogP contribution in [-0.4, -0.2) is 13.4 Å². The number of allylic oxidation sites excluding steroid dienone is 5. The summed E-state index contributed by atoms with van der Waals surface area (Å²) in [5.74, 6) is 4.61. The maximum absolute atomic E-state index is 6.89. The second-order valence-corrected chi connectivity index (χ2v) is 13.2. The molecule has 0 radical (unpaired) electrons. The third-order valence-corrected chi connectivity index (χ3v) is 11.0. The molecule has 4 aromatic rings. The van der Waals surface area contributed by atoms with Crippen molar-refractivity contribution in [3.05, 3.63) is 137 Å². The molecule has 9 rings (SSSR count). The quantitative estimate of drug-likeness (QED) is 0.215. The molecule has 4 heteroatoms. The Bertz CT molecular complexity index is 1890. The molecule has 42 heavy (non-hydrogen) atoms. The van der Waals surface area contributed by atoms with Crippen LogP contribution in [0.4, 0.5) is 0 Å². The van der Waals surface area contributed by atoms with E-state index in [1.165, 1.54) is 32.9 Å². The Morgan fingerprint density at radius 2 is 1.12 bits per heavy atom. The summed E-state index contributed by atoms with van der Waals surface area (Å²) in [6.07, 6.45) is 5.03. The van der Waals surface area contributed by atoms with Crippen LogP contribution in [0.1, 0.15) is 33.3 Å². The first-order chi connectivity index (χ1) is 20.4. The highest BCUT2D eigenvalue weighted by atomic mass is 16.5. The maximum atomic E-state index is 6.89. The summed E-state index contributed by atoms with van der Waals surface area (Å²) in [5.41, 5.74) is 10.8. The summed E-state index contributed by atoms with van der Waals surface area (Å²) in [5, 5.41) is -0.294. The molecular weight excluding hydrogens is 510 g/mol. The fourth-order valence-electron chi connectivity index (χ4n) is 9.53. The Labute approximate surface area is 248 Å². The van der Waals surface area contributed by atoms with Gasteiger partial charge in [-0.1, -0.05) is 122 Å². The normalized spacial score (nSPS) is 27.7. The summed E-state index contributed by atoms with van der Waals surface area (Å²) in [6, 6.07) is 35.2. The number of benzene rings is 4. The van der Waals surface area contributed by atoms with E-state index in [4.69, 9.17) is 9.47 Å². The van der Waals surface area contributed by atoms with Crippen molar-refractivity contribution in [2.45, 2.75) is 38.4 Å². The summed E-state index contributed by atoms with van der Waals surface area (Å²) in [7, 11) is 0. The largest absolute Gasteiger partial charge is 0.462 e. The van der Waals surface area contributed by atoms with E-state index < -0.39 is 0 Å². The SMILES string of the molecule is CC1C=C2Oc3ccccc3B3c4ccccc4C4(C)C(B5c6ccccc6Oc6ccccc65)=CC(C)C1=C4C32C. The molecule has 5 aliphatic rings. The molecule has 2 aliphatic carbocycles. The molecule has 0 fully saturated rings. The van der Waals surface area contributed by atoms with Gasteiger partial charge in [-0.3, -0.25) is 0 Å². The van der Waals surface area contributed by atoms with Gasteiger partial charge in [-0.05, 0) is 70.6 Å². The Hall–Kier alpha value is -4.17. The molecule has 2 nitrogen and oxygen atoms in total. The van der Waals surface area contributed by atoms with Crippen molar-refractivity contribution in [2.24, 2.45) is 11.8 Å². The summed E-state index contributed by atoms with van der Waals surface area (Å²) >= 11 is 0. The number of ether oxygens (including phenoxy) is 2. The molecule has 4 unspecified atom stereocenters. The third-order valence-electron chi connectivity index (χ3n) is 11.0. The second-order valence-electron chi connectivity index (χ2n) is 13.2. The van der Waals surface area contributed by atoms with Crippen LogP contribution in [-0.2, 0) is 5.41 Å². The predicted molar refractivity (Wildman–Crippen MR) is 174 cm³/mol. The van der Waals surface area contributed by atoms with E-state index in [1.807, 2.05) is 0 Å². The third kappa shape index (κ3) is 2.83. The molecule has 0 N–H and O–H groups in total. The maximum Gasteiger partial charge on any atom is 0.247 e. The minimum Gasteiger partial charge on any atom is -0.462 e. The van der Waals surface area contributed by atoms with Crippen LogP contribution in [0.2, 0.25) is 5.31 Å². The molecular formula is C38H32B2O2. The summed E-state index contributed by atoms with van der Waals surface area (Å²) < 4.78 is 13.4. The lowest BCUT2D eigenvalue weighted by Gasteiger charge is -2.60. The van der Waals surface area contributed by atoms with Gasteiger partial charge in [0.25, 0.3) is 0 Å². The van der Waals surface area contributed by atoms with E-state index >= 15 is 0 Å². The Kier molecular flexibility index (Phi) is 4.78. The number of rotatable bonds is 1. The van der Waals surface area contributed by atoms with Gasteiger partial charge in [0.2, 0.25) is 13.4 Å². The second kappa shape index (κ2) is 8.22. The van der Waals surface area contributed by atoms with E-state index in [-0.39, 0.29) is 24.2 Å². The van der Waals surface area contributed by atoms with Gasteiger partial charge in [0.15, 0.2) is 0 Å². The highest BCUT2D eigenvalue weighted by molar-refractivity contribution is 6.93. The lowest BCUT2D eigenvalue weighted by atomic mass is 9.17. The molecule has 0 saturated heterocycles. The molecule has 202 valence electrons. The zero-order chi connectivity index (χ0) is 28.4. The van der Waals surface area contributed by atoms with Gasteiger partial charge in [0, 0.05) is 10.7 Å². The molecule has 3 heterocycles. The Balaban J connectivity index is 1.39. The van der Waals surface area contributed by atoms with Crippen molar-refractivity contribution < 1.29 is 9.47 Å². The van der Waals surface area contributed by atoms with Gasteiger partial charge < -0.3 is 9.47 Å². The lowest BCUT2D eigenvalue weighted by molar-refractivity contribution is 0.339. The first kappa shape index (κ1) is 24.4. The monoisotopic (exact) mass is 542 g/mol. The van der Waals surface area contributed by atoms with Crippen LogP contribution in [0.3, 0.4) is 0 Å². The predicted octanol–water partition coefficient (Wildman–Crippen LogP) is 6.08. The highest BCUT2D eigenvalue weighted by Crippen LogP contribution is 2.66. The van der Waals surface area contributed by atoms with Crippen LogP contribution in [0, 0.1) is 11.8 Å². The molecule has 3 aliphatic heterocycles. The zero-order valence-corrected chi connectivity index (χ0v) is 24.5. The van der Waals surface area contributed by atoms with Gasteiger partial charge in [-0.25, -0.2) is 0 Å². The van der Waals surface area contributed by atoms with Gasteiger partial charge >= 0.3 is 0 Å². The van der Waals surface area contributed by atoms with Gasteiger partial charge in [-0.2, -0.15) is 0 Å². The fraction of sp³-hybridized carbons (Fsp3) is 0.211. The summed E-state index contributed by atoms with van der Waals surface area (Å²) in [4.78, 5) is 0. The van der Waals surface area contributed by atoms with Crippen molar-refractivity contribution >= 4 is 35.3 Å². The molecule has 0 spiro atoms. The van der Waals surface area contributed by atoms with E-state index in [2.05, 4.69) is 137 Å². The minimum absolute atomic E-state index is 0.0855. The standard InChI is InChI=1S/C38H32B2O2/c1-23-21-33(39-27-15-7-10-18-30(27)41-31-19-11-8-16-28(31)39)37(3)25-13-5-6-14-26(25)40-29-17-9-12-20-32(29)42-34-22-24(2)35(23)36(37)38(34,40)4/h5-24H,1-4H3. The molecule has 0 bridgehead atoms. The van der Waals surface area contributed by atoms with Gasteiger partial charge in [0.1, 0.15) is 23.0 Å². The minimum atomic E-state index is -0.324. The fourth-order valence-corrected chi connectivity index (χ4v) is 9.53. The molecule has 0 aromatic heterocycles. The van der Waals surface area contributed by atoms with E-state index in [9.17, 15) is 0 Å². The molecule has 0 saturated carbocycles. The Morgan fingerprint density at radius 3 is 1.79 bits per heavy atom.